The maximum atomic E-state index is 12.8. The van der Waals surface area contributed by atoms with E-state index in [1.165, 1.54) is 6.08 Å². The lowest BCUT2D eigenvalue weighted by atomic mass is 10.2. The Bertz CT molecular complexity index is 582. The molecule has 5 nitrogen and oxygen atoms in total. The van der Waals surface area contributed by atoms with Gasteiger partial charge in [0.15, 0.2) is 0 Å². The molecule has 0 aromatic heterocycles. The Morgan fingerprint density at radius 2 is 1.65 bits per heavy atom. The molecule has 0 saturated heterocycles. The number of ether oxygens (including phenoxy) is 1. The van der Waals surface area contributed by atoms with Gasteiger partial charge in [-0.3, -0.25) is 4.57 Å². The predicted octanol–water partition coefficient (Wildman–Crippen LogP) is 4.41. The third-order valence-electron chi connectivity index (χ3n) is 2.72. The SMILES string of the molecule is CCOC(=O)/C(=C\C=C\c1ccccc1)P(=O)(OCC)OCC. The number of benzene rings is 1. The number of rotatable bonds is 9. The summed E-state index contributed by atoms with van der Waals surface area (Å²) >= 11 is 0. The molecule has 0 N–H and O–H groups in total. The van der Waals surface area contributed by atoms with Crippen molar-refractivity contribution in [1.29, 1.82) is 0 Å². The normalized spacial score (nSPS) is 12.6. The summed E-state index contributed by atoms with van der Waals surface area (Å²) in [7, 11) is -3.70. The average Bonchev–Trinajstić information content (AvgIpc) is 2.53. The quantitative estimate of drug-likeness (QED) is 0.289. The summed E-state index contributed by atoms with van der Waals surface area (Å²) in [5.74, 6) is -0.699. The second kappa shape index (κ2) is 10.2. The van der Waals surface area contributed by atoms with Crippen molar-refractivity contribution in [3.05, 3.63) is 53.4 Å². The molecule has 0 amide bonds. The van der Waals surface area contributed by atoms with E-state index < -0.39 is 13.6 Å². The Labute approximate surface area is 137 Å². The van der Waals surface area contributed by atoms with Crippen LogP contribution in [0.25, 0.3) is 6.08 Å². The monoisotopic (exact) mass is 338 g/mol. The molecular weight excluding hydrogens is 315 g/mol. The van der Waals surface area contributed by atoms with Crippen LogP contribution in [0.15, 0.2) is 47.8 Å². The molecule has 1 aromatic rings. The maximum absolute atomic E-state index is 12.8. The highest BCUT2D eigenvalue weighted by Gasteiger charge is 2.35. The number of hydrogen-bond acceptors (Lipinski definition) is 5. The van der Waals surface area contributed by atoms with E-state index >= 15 is 0 Å². The van der Waals surface area contributed by atoms with Gasteiger partial charge >= 0.3 is 13.6 Å². The molecular formula is C17H23O5P. The van der Waals surface area contributed by atoms with Crippen molar-refractivity contribution in [3.8, 4) is 0 Å². The minimum atomic E-state index is -3.70. The van der Waals surface area contributed by atoms with Gasteiger partial charge in [-0.15, -0.1) is 0 Å². The smallest absolute Gasteiger partial charge is 0.368 e. The zero-order chi connectivity index (χ0) is 17.1. The molecule has 0 aliphatic rings. The largest absolute Gasteiger partial charge is 0.462 e. The summed E-state index contributed by atoms with van der Waals surface area (Å²) in [6.07, 6.45) is 4.85. The van der Waals surface area contributed by atoms with Crippen molar-refractivity contribution >= 4 is 19.6 Å². The zero-order valence-corrected chi connectivity index (χ0v) is 14.6. The first-order valence-corrected chi connectivity index (χ1v) is 9.11. The van der Waals surface area contributed by atoms with E-state index in [0.717, 1.165) is 5.56 Å². The van der Waals surface area contributed by atoms with Gasteiger partial charge in [-0.25, -0.2) is 4.79 Å². The van der Waals surface area contributed by atoms with E-state index in [4.69, 9.17) is 13.8 Å². The summed E-state index contributed by atoms with van der Waals surface area (Å²) < 4.78 is 28.3. The van der Waals surface area contributed by atoms with Crippen molar-refractivity contribution in [3.63, 3.8) is 0 Å². The molecule has 0 saturated carbocycles. The number of carbonyl (C=O) groups excluding carboxylic acids is 1. The third-order valence-corrected chi connectivity index (χ3v) is 4.84. The van der Waals surface area contributed by atoms with Crippen LogP contribution in [0.3, 0.4) is 0 Å². The number of carbonyl (C=O) groups is 1. The topological polar surface area (TPSA) is 61.8 Å². The molecule has 0 fully saturated rings. The fourth-order valence-corrected chi connectivity index (χ4v) is 3.40. The van der Waals surface area contributed by atoms with E-state index in [0.29, 0.717) is 0 Å². The Kier molecular flexibility index (Phi) is 8.56. The van der Waals surface area contributed by atoms with Gasteiger partial charge in [0.25, 0.3) is 0 Å². The lowest BCUT2D eigenvalue weighted by Gasteiger charge is -2.18. The van der Waals surface area contributed by atoms with Gasteiger partial charge in [0.05, 0.1) is 19.8 Å². The molecule has 0 bridgehead atoms. The Morgan fingerprint density at radius 1 is 1.04 bits per heavy atom. The van der Waals surface area contributed by atoms with Gasteiger partial charge in [-0.05, 0) is 32.4 Å². The van der Waals surface area contributed by atoms with Crippen molar-refractivity contribution in [2.75, 3.05) is 19.8 Å². The molecule has 0 atom stereocenters. The van der Waals surface area contributed by atoms with E-state index in [1.54, 1.807) is 32.9 Å². The first-order valence-electron chi connectivity index (χ1n) is 7.57. The molecule has 0 aliphatic carbocycles. The predicted molar refractivity (Wildman–Crippen MR) is 91.1 cm³/mol. The Balaban J connectivity index is 3.12. The number of hydrogen-bond donors (Lipinski definition) is 0. The molecule has 1 rings (SSSR count). The zero-order valence-electron chi connectivity index (χ0n) is 13.7. The van der Waals surface area contributed by atoms with Gasteiger partial charge in [0.2, 0.25) is 0 Å². The highest BCUT2D eigenvalue weighted by Crippen LogP contribution is 2.56. The molecule has 0 aliphatic heterocycles. The molecule has 0 spiro atoms. The van der Waals surface area contributed by atoms with Gasteiger partial charge in [-0.2, -0.15) is 0 Å². The van der Waals surface area contributed by atoms with Crippen LogP contribution in [-0.2, 0) is 23.1 Å². The van der Waals surface area contributed by atoms with Crippen molar-refractivity contribution in [2.45, 2.75) is 20.8 Å². The molecule has 0 unspecified atom stereocenters. The summed E-state index contributed by atoms with van der Waals surface area (Å²) in [5, 5.41) is -0.102. The second-order valence-corrected chi connectivity index (χ2v) is 6.37. The van der Waals surface area contributed by atoms with Crippen LogP contribution in [-0.4, -0.2) is 25.8 Å². The molecule has 126 valence electrons. The van der Waals surface area contributed by atoms with Gasteiger partial charge in [0, 0.05) is 0 Å². The fourth-order valence-electron chi connectivity index (χ4n) is 1.81. The first-order chi connectivity index (χ1) is 11.1. The molecule has 1 aromatic carbocycles. The average molecular weight is 338 g/mol. The lowest BCUT2D eigenvalue weighted by Crippen LogP contribution is -2.11. The summed E-state index contributed by atoms with van der Waals surface area (Å²) in [5.41, 5.74) is 0.953. The van der Waals surface area contributed by atoms with E-state index in [1.807, 2.05) is 30.3 Å². The van der Waals surface area contributed by atoms with Gasteiger partial charge in [-0.1, -0.05) is 42.5 Å². The van der Waals surface area contributed by atoms with E-state index in [9.17, 15) is 9.36 Å². The van der Waals surface area contributed by atoms with Crippen LogP contribution in [0.5, 0.6) is 0 Å². The minimum absolute atomic E-state index is 0.102. The maximum Gasteiger partial charge on any atom is 0.368 e. The van der Waals surface area contributed by atoms with Crippen molar-refractivity contribution in [1.82, 2.24) is 0 Å². The van der Waals surface area contributed by atoms with Crippen LogP contribution in [0.1, 0.15) is 26.3 Å². The highest BCUT2D eigenvalue weighted by atomic mass is 31.2. The Hall–Kier alpha value is -1.68. The lowest BCUT2D eigenvalue weighted by molar-refractivity contribution is -0.137. The summed E-state index contributed by atoms with van der Waals surface area (Å²) in [6, 6.07) is 9.55. The minimum Gasteiger partial charge on any atom is -0.462 e. The first kappa shape index (κ1) is 19.4. The van der Waals surface area contributed by atoms with Crippen LogP contribution in [0.2, 0.25) is 0 Å². The Morgan fingerprint density at radius 3 is 2.17 bits per heavy atom. The van der Waals surface area contributed by atoms with Crippen LogP contribution in [0.4, 0.5) is 0 Å². The van der Waals surface area contributed by atoms with Crippen molar-refractivity contribution in [2.24, 2.45) is 0 Å². The number of allylic oxidation sites excluding steroid dienone is 2. The number of esters is 1. The van der Waals surface area contributed by atoms with Crippen LogP contribution < -0.4 is 0 Å². The van der Waals surface area contributed by atoms with Gasteiger partial charge < -0.3 is 13.8 Å². The standard InChI is InChI=1S/C17H23O5P/c1-4-20-17(18)16(23(19,21-5-2)22-6-3)14-10-13-15-11-8-7-9-12-15/h7-14H,4-6H2,1-3H3/b13-10+,16-14+. The fraction of sp³-hybridized carbons (Fsp3) is 0.353. The molecule has 6 heteroatoms. The van der Waals surface area contributed by atoms with E-state index in [-0.39, 0.29) is 25.1 Å². The highest BCUT2D eigenvalue weighted by molar-refractivity contribution is 7.59. The third kappa shape index (κ3) is 6.14. The molecule has 23 heavy (non-hydrogen) atoms. The van der Waals surface area contributed by atoms with E-state index in [2.05, 4.69) is 0 Å². The van der Waals surface area contributed by atoms with Gasteiger partial charge in [0.1, 0.15) is 5.31 Å². The second-order valence-electron chi connectivity index (χ2n) is 4.38. The van der Waals surface area contributed by atoms with Crippen LogP contribution >= 0.6 is 7.60 Å². The van der Waals surface area contributed by atoms with Crippen LogP contribution in [0, 0.1) is 0 Å². The summed E-state index contributed by atoms with van der Waals surface area (Å²) in [4.78, 5) is 12.1. The van der Waals surface area contributed by atoms with Crippen molar-refractivity contribution < 1.29 is 23.1 Å². The molecule has 0 radical (unpaired) electrons. The molecule has 0 heterocycles. The summed E-state index contributed by atoms with van der Waals surface area (Å²) in [6.45, 7) is 5.56.